The van der Waals surface area contributed by atoms with Crippen LogP contribution < -0.4 is 0 Å². The van der Waals surface area contributed by atoms with Crippen molar-refractivity contribution in [2.75, 3.05) is 14.2 Å². The Hall–Kier alpha value is -1.84. The van der Waals surface area contributed by atoms with Gasteiger partial charge in [-0.1, -0.05) is 34.4 Å². The Balaban J connectivity index is 1.83. The summed E-state index contributed by atoms with van der Waals surface area (Å²) < 4.78 is 5.27. The van der Waals surface area contributed by atoms with E-state index >= 15 is 0 Å². The number of ether oxygens (including phenoxy) is 1. The molecule has 6 nitrogen and oxygen atoms in total. The average molecular weight is 547 g/mol. The first kappa shape index (κ1) is 21.9. The molecule has 1 heterocycles. The van der Waals surface area contributed by atoms with E-state index in [-0.39, 0.29) is 0 Å². The normalized spacial score (nSPS) is 18.1. The second kappa shape index (κ2) is 8.49. The van der Waals surface area contributed by atoms with Gasteiger partial charge < -0.3 is 9.57 Å². The van der Waals surface area contributed by atoms with Gasteiger partial charge in [0, 0.05) is 38.2 Å². The van der Waals surface area contributed by atoms with E-state index in [1.165, 1.54) is 14.2 Å². The minimum absolute atomic E-state index is 0.395. The summed E-state index contributed by atoms with van der Waals surface area (Å²) in [5.41, 5.74) is 2.08. The van der Waals surface area contributed by atoms with Gasteiger partial charge in [-0.15, -0.1) is 0 Å². The Morgan fingerprint density at radius 3 is 2.45 bits per heavy atom. The van der Waals surface area contributed by atoms with Crippen LogP contribution in [0.1, 0.15) is 34.8 Å². The van der Waals surface area contributed by atoms with Gasteiger partial charge in [0.2, 0.25) is 0 Å². The molecule has 0 bridgehead atoms. The maximum atomic E-state index is 12.5. The van der Waals surface area contributed by atoms with Crippen LogP contribution in [0.15, 0.2) is 41.6 Å². The molecule has 1 aliphatic heterocycles. The highest BCUT2D eigenvalue weighted by Crippen LogP contribution is 2.38. The van der Waals surface area contributed by atoms with E-state index in [0.717, 1.165) is 21.7 Å². The molecule has 0 fully saturated rings. The van der Waals surface area contributed by atoms with Crippen molar-refractivity contribution in [3.05, 3.63) is 66.7 Å². The molecule has 1 atom stereocenters. The highest BCUT2D eigenvalue weighted by atomic mass is 127. The van der Waals surface area contributed by atoms with Gasteiger partial charge in [0.15, 0.2) is 5.60 Å². The van der Waals surface area contributed by atoms with Crippen LogP contribution in [-0.4, -0.2) is 36.8 Å². The van der Waals surface area contributed by atoms with Crippen molar-refractivity contribution in [3.8, 4) is 0 Å². The maximum absolute atomic E-state index is 12.5. The van der Waals surface area contributed by atoms with Gasteiger partial charge in [-0.05, 0) is 59.8 Å². The zero-order valence-electron chi connectivity index (χ0n) is 15.8. The molecule has 2 amide bonds. The monoisotopic (exact) mass is 546 g/mol. The number of oxime groups is 1. The van der Waals surface area contributed by atoms with Gasteiger partial charge in [0.1, 0.15) is 0 Å². The number of hydrogen-bond donors (Lipinski definition) is 0. The fourth-order valence-electron chi connectivity index (χ4n) is 2.98. The molecule has 1 unspecified atom stereocenters. The van der Waals surface area contributed by atoms with Gasteiger partial charge >= 0.3 is 6.09 Å². The number of amides is 2. The molecule has 0 saturated carbocycles. The molecule has 0 radical (unpaired) electrons. The SMILES string of the molecule is COC(=O)N(C)C(=O)c1ccc(C2=NOC(C)(c3cc(Cl)cc(Cl)c3)C2)cc1I. The molecule has 0 aromatic heterocycles. The molecular formula is C20H17Cl2IN2O4. The number of imide groups is 1. The van der Waals surface area contributed by atoms with Crippen LogP contribution in [-0.2, 0) is 15.2 Å². The van der Waals surface area contributed by atoms with E-state index in [4.69, 9.17) is 28.0 Å². The second-order valence-corrected chi connectivity index (χ2v) is 8.76. The maximum Gasteiger partial charge on any atom is 0.416 e. The molecule has 0 spiro atoms. The predicted octanol–water partition coefficient (Wildman–Crippen LogP) is 5.48. The number of rotatable bonds is 3. The molecular weight excluding hydrogens is 530 g/mol. The van der Waals surface area contributed by atoms with Crippen LogP contribution in [0.2, 0.25) is 10.0 Å². The molecule has 9 heteroatoms. The number of carbonyl (C=O) groups is 2. The highest BCUT2D eigenvalue weighted by Gasteiger charge is 2.37. The third-order valence-corrected chi connectivity index (χ3v) is 5.95. The number of nitrogens with zero attached hydrogens (tertiary/aromatic N) is 2. The van der Waals surface area contributed by atoms with E-state index < -0.39 is 17.6 Å². The van der Waals surface area contributed by atoms with Crippen molar-refractivity contribution in [1.29, 1.82) is 0 Å². The van der Waals surface area contributed by atoms with Crippen molar-refractivity contribution >= 4 is 63.5 Å². The van der Waals surface area contributed by atoms with E-state index in [0.29, 0.717) is 25.6 Å². The summed E-state index contributed by atoms with van der Waals surface area (Å²) in [6, 6.07) is 10.5. The summed E-state index contributed by atoms with van der Waals surface area (Å²) in [5.74, 6) is -0.448. The Kier molecular flexibility index (Phi) is 6.40. The number of halogens is 3. The fourth-order valence-corrected chi connectivity index (χ4v) is 4.25. The van der Waals surface area contributed by atoms with Crippen LogP contribution in [0.25, 0.3) is 0 Å². The van der Waals surface area contributed by atoms with E-state index in [1.54, 1.807) is 30.3 Å². The van der Waals surface area contributed by atoms with Crippen LogP contribution in [0.3, 0.4) is 0 Å². The molecule has 0 aliphatic carbocycles. The number of hydrogen-bond acceptors (Lipinski definition) is 5. The molecule has 29 heavy (non-hydrogen) atoms. The first-order valence-corrected chi connectivity index (χ1v) is 10.4. The lowest BCUT2D eigenvalue weighted by Gasteiger charge is -2.22. The van der Waals surface area contributed by atoms with Crippen LogP contribution in [0.5, 0.6) is 0 Å². The minimum atomic E-state index is -0.723. The van der Waals surface area contributed by atoms with Crippen molar-refractivity contribution in [3.63, 3.8) is 0 Å². The first-order chi connectivity index (χ1) is 13.6. The van der Waals surface area contributed by atoms with Crippen molar-refractivity contribution < 1.29 is 19.2 Å². The molecule has 2 aromatic rings. The van der Waals surface area contributed by atoms with Gasteiger partial charge in [-0.25, -0.2) is 9.69 Å². The molecule has 2 aromatic carbocycles. The number of benzene rings is 2. The molecule has 0 N–H and O–H groups in total. The number of methoxy groups -OCH3 is 1. The fraction of sp³-hybridized carbons (Fsp3) is 0.250. The third-order valence-electron chi connectivity index (χ3n) is 4.62. The smallest absolute Gasteiger partial charge is 0.416 e. The second-order valence-electron chi connectivity index (χ2n) is 6.72. The summed E-state index contributed by atoms with van der Waals surface area (Å²) in [5, 5.41) is 5.30. The Morgan fingerprint density at radius 2 is 1.86 bits per heavy atom. The zero-order chi connectivity index (χ0) is 21.3. The van der Waals surface area contributed by atoms with E-state index in [2.05, 4.69) is 32.5 Å². The average Bonchev–Trinajstić information content (AvgIpc) is 3.09. The Bertz CT molecular complexity index is 1010. The van der Waals surface area contributed by atoms with Crippen molar-refractivity contribution in [1.82, 2.24) is 4.90 Å². The lowest BCUT2D eigenvalue weighted by atomic mass is 9.89. The number of carbonyl (C=O) groups excluding carboxylic acids is 2. The van der Waals surface area contributed by atoms with Crippen molar-refractivity contribution in [2.45, 2.75) is 18.9 Å². The molecule has 152 valence electrons. The Morgan fingerprint density at radius 1 is 1.21 bits per heavy atom. The molecule has 0 saturated heterocycles. The molecule has 1 aliphatic rings. The zero-order valence-corrected chi connectivity index (χ0v) is 19.5. The van der Waals surface area contributed by atoms with Gasteiger partial charge in [-0.2, -0.15) is 0 Å². The lowest BCUT2D eigenvalue weighted by molar-refractivity contribution is -0.00737. The van der Waals surface area contributed by atoms with Crippen molar-refractivity contribution in [2.24, 2.45) is 5.16 Å². The summed E-state index contributed by atoms with van der Waals surface area (Å²) in [4.78, 5) is 30.7. The van der Waals surface area contributed by atoms with Gasteiger partial charge in [0.25, 0.3) is 5.91 Å². The predicted molar refractivity (Wildman–Crippen MR) is 120 cm³/mol. The van der Waals surface area contributed by atoms with Crippen LogP contribution in [0.4, 0.5) is 4.79 Å². The van der Waals surface area contributed by atoms with Gasteiger partial charge in [0.05, 0.1) is 18.4 Å². The third kappa shape index (κ3) is 4.51. The van der Waals surface area contributed by atoms with Gasteiger partial charge in [-0.3, -0.25) is 4.79 Å². The first-order valence-electron chi connectivity index (χ1n) is 8.52. The highest BCUT2D eigenvalue weighted by molar-refractivity contribution is 14.1. The summed E-state index contributed by atoms with van der Waals surface area (Å²) in [6.07, 6.45) is -0.214. The van der Waals surface area contributed by atoms with Crippen LogP contribution in [0, 0.1) is 3.57 Å². The summed E-state index contributed by atoms with van der Waals surface area (Å²) in [6.45, 7) is 1.92. The quantitative estimate of drug-likeness (QED) is 0.478. The lowest BCUT2D eigenvalue weighted by Crippen LogP contribution is -2.33. The standard InChI is InChI=1S/C20H17Cl2IN2O4/c1-20(12-7-13(21)9-14(22)8-12)10-17(24-29-20)11-4-5-15(16(23)6-11)18(26)25(2)19(27)28-3/h4-9H,10H2,1-3H3. The summed E-state index contributed by atoms with van der Waals surface area (Å²) in [7, 11) is 2.59. The topological polar surface area (TPSA) is 68.2 Å². The van der Waals surface area contributed by atoms with Crippen LogP contribution >= 0.6 is 45.8 Å². The minimum Gasteiger partial charge on any atom is -0.452 e. The Labute approximate surface area is 191 Å². The summed E-state index contributed by atoms with van der Waals surface area (Å²) >= 11 is 14.3. The largest absolute Gasteiger partial charge is 0.452 e. The molecule has 3 rings (SSSR count). The van der Waals surface area contributed by atoms with E-state index in [9.17, 15) is 9.59 Å². The van der Waals surface area contributed by atoms with E-state index in [1.807, 2.05) is 13.0 Å².